The standard InChI is InChI=1S/C22H14FN5/c23-17-5-2-1-4-15(17)19-12-20(21-18(27-19)6-3-9-25-21)28-22-16-13-24-10-7-14(16)8-11-26-22/h1-13H,(H,26,27,28). The molecular formula is C22H14FN5. The van der Waals surface area contributed by atoms with E-state index < -0.39 is 0 Å². The summed E-state index contributed by atoms with van der Waals surface area (Å²) >= 11 is 0. The van der Waals surface area contributed by atoms with Gasteiger partial charge in [0.15, 0.2) is 0 Å². The van der Waals surface area contributed by atoms with Crippen molar-refractivity contribution in [2.75, 3.05) is 5.32 Å². The molecule has 0 unspecified atom stereocenters. The van der Waals surface area contributed by atoms with Gasteiger partial charge in [-0.3, -0.25) is 9.97 Å². The molecule has 4 heterocycles. The van der Waals surface area contributed by atoms with E-state index in [1.165, 1.54) is 6.07 Å². The van der Waals surface area contributed by atoms with Crippen LogP contribution in [0.25, 0.3) is 33.1 Å². The molecule has 5 nitrogen and oxygen atoms in total. The van der Waals surface area contributed by atoms with Gasteiger partial charge in [0, 0.05) is 35.7 Å². The first-order valence-corrected chi connectivity index (χ1v) is 8.76. The summed E-state index contributed by atoms with van der Waals surface area (Å²) in [5, 5.41) is 5.25. The maximum Gasteiger partial charge on any atom is 0.139 e. The van der Waals surface area contributed by atoms with Gasteiger partial charge in [-0.15, -0.1) is 0 Å². The van der Waals surface area contributed by atoms with Gasteiger partial charge in [-0.2, -0.15) is 0 Å². The first-order chi connectivity index (χ1) is 13.8. The van der Waals surface area contributed by atoms with Crippen molar-refractivity contribution in [2.45, 2.75) is 0 Å². The molecule has 1 N–H and O–H groups in total. The molecule has 4 aromatic heterocycles. The van der Waals surface area contributed by atoms with Crippen molar-refractivity contribution in [1.82, 2.24) is 19.9 Å². The van der Waals surface area contributed by atoms with Crippen LogP contribution in [0.15, 0.2) is 79.4 Å². The number of rotatable bonds is 3. The van der Waals surface area contributed by atoms with Gasteiger partial charge in [-0.25, -0.2) is 14.4 Å². The SMILES string of the molecule is Fc1ccccc1-c1cc(Nc2nccc3ccncc23)c2ncccc2n1. The normalized spacial score (nSPS) is 11.0. The van der Waals surface area contributed by atoms with E-state index in [0.29, 0.717) is 33.8 Å². The van der Waals surface area contributed by atoms with Crippen molar-refractivity contribution >= 4 is 33.3 Å². The second-order valence-electron chi connectivity index (χ2n) is 6.29. The van der Waals surface area contributed by atoms with Crippen LogP contribution in [0.1, 0.15) is 0 Å². The molecule has 0 spiro atoms. The topological polar surface area (TPSA) is 63.6 Å². The van der Waals surface area contributed by atoms with Gasteiger partial charge in [-0.05, 0) is 47.9 Å². The molecule has 5 aromatic rings. The average molecular weight is 367 g/mol. The summed E-state index contributed by atoms with van der Waals surface area (Å²) in [4.78, 5) is 17.7. The van der Waals surface area contributed by atoms with Crippen LogP contribution in [0.2, 0.25) is 0 Å². The van der Waals surface area contributed by atoms with Crippen LogP contribution in [-0.2, 0) is 0 Å². The molecule has 0 radical (unpaired) electrons. The predicted molar refractivity (Wildman–Crippen MR) is 108 cm³/mol. The minimum Gasteiger partial charge on any atom is -0.338 e. The molecule has 0 fully saturated rings. The molecule has 0 atom stereocenters. The number of hydrogen-bond donors (Lipinski definition) is 1. The highest BCUT2D eigenvalue weighted by atomic mass is 19.1. The molecule has 0 saturated carbocycles. The minimum absolute atomic E-state index is 0.323. The molecule has 0 bridgehead atoms. The van der Waals surface area contributed by atoms with Gasteiger partial charge in [0.1, 0.15) is 17.2 Å². The van der Waals surface area contributed by atoms with Crippen LogP contribution in [0.4, 0.5) is 15.9 Å². The van der Waals surface area contributed by atoms with Crippen molar-refractivity contribution < 1.29 is 4.39 Å². The summed E-state index contributed by atoms with van der Waals surface area (Å²) in [6, 6.07) is 15.9. The third-order valence-corrected chi connectivity index (χ3v) is 4.53. The summed E-state index contributed by atoms with van der Waals surface area (Å²) < 4.78 is 14.3. The fourth-order valence-electron chi connectivity index (χ4n) is 3.20. The van der Waals surface area contributed by atoms with Crippen molar-refractivity contribution in [3.05, 3.63) is 85.2 Å². The number of nitrogens with one attached hydrogen (secondary N) is 1. The van der Waals surface area contributed by atoms with Gasteiger partial charge < -0.3 is 5.32 Å². The van der Waals surface area contributed by atoms with E-state index in [1.807, 2.05) is 24.3 Å². The molecule has 6 heteroatoms. The van der Waals surface area contributed by atoms with Crippen LogP contribution in [0.3, 0.4) is 0 Å². The number of anilines is 2. The van der Waals surface area contributed by atoms with E-state index in [2.05, 4.69) is 25.3 Å². The second kappa shape index (κ2) is 6.66. The molecule has 0 aliphatic heterocycles. The fourth-order valence-corrected chi connectivity index (χ4v) is 3.20. The highest BCUT2D eigenvalue weighted by molar-refractivity contribution is 5.97. The lowest BCUT2D eigenvalue weighted by atomic mass is 10.1. The quantitative estimate of drug-likeness (QED) is 0.479. The van der Waals surface area contributed by atoms with Gasteiger partial charge in [0.05, 0.1) is 16.9 Å². The van der Waals surface area contributed by atoms with Crippen molar-refractivity contribution in [3.63, 3.8) is 0 Å². The van der Waals surface area contributed by atoms with E-state index >= 15 is 0 Å². The lowest BCUT2D eigenvalue weighted by molar-refractivity contribution is 0.631. The predicted octanol–water partition coefficient (Wildman–Crippen LogP) is 5.12. The lowest BCUT2D eigenvalue weighted by Gasteiger charge is -2.12. The summed E-state index contributed by atoms with van der Waals surface area (Å²) in [6.07, 6.45) is 6.94. The molecule has 1 aromatic carbocycles. The van der Waals surface area contributed by atoms with Crippen LogP contribution < -0.4 is 5.32 Å². The number of aromatic nitrogens is 4. The van der Waals surface area contributed by atoms with Gasteiger partial charge in [0.25, 0.3) is 0 Å². The molecule has 134 valence electrons. The van der Waals surface area contributed by atoms with Crippen molar-refractivity contribution in [3.8, 4) is 11.3 Å². The first-order valence-electron chi connectivity index (χ1n) is 8.76. The maximum atomic E-state index is 14.3. The van der Waals surface area contributed by atoms with E-state index in [0.717, 1.165) is 10.8 Å². The van der Waals surface area contributed by atoms with Crippen molar-refractivity contribution in [1.29, 1.82) is 0 Å². The van der Waals surface area contributed by atoms with Crippen LogP contribution in [-0.4, -0.2) is 19.9 Å². The van der Waals surface area contributed by atoms with E-state index in [4.69, 9.17) is 0 Å². The van der Waals surface area contributed by atoms with Crippen LogP contribution >= 0.6 is 0 Å². The van der Waals surface area contributed by atoms with Crippen molar-refractivity contribution in [2.24, 2.45) is 0 Å². The monoisotopic (exact) mass is 367 g/mol. The number of benzene rings is 1. The number of nitrogens with zero attached hydrogens (tertiary/aromatic N) is 4. The van der Waals surface area contributed by atoms with Gasteiger partial charge in [0.2, 0.25) is 0 Å². The average Bonchev–Trinajstić information content (AvgIpc) is 2.74. The highest BCUT2D eigenvalue weighted by Gasteiger charge is 2.13. The Morgan fingerprint density at radius 2 is 1.75 bits per heavy atom. The van der Waals surface area contributed by atoms with Crippen LogP contribution in [0.5, 0.6) is 0 Å². The molecular weight excluding hydrogens is 353 g/mol. The zero-order valence-corrected chi connectivity index (χ0v) is 14.7. The fraction of sp³-hybridized carbons (Fsp3) is 0. The molecule has 0 saturated heterocycles. The van der Waals surface area contributed by atoms with E-state index in [-0.39, 0.29) is 5.82 Å². The zero-order chi connectivity index (χ0) is 18.9. The smallest absolute Gasteiger partial charge is 0.139 e. The number of fused-ring (bicyclic) bond motifs is 2. The third kappa shape index (κ3) is 2.81. The molecule has 5 rings (SSSR count). The lowest BCUT2D eigenvalue weighted by Crippen LogP contribution is -1.99. The van der Waals surface area contributed by atoms with Gasteiger partial charge >= 0.3 is 0 Å². The van der Waals surface area contributed by atoms with Crippen LogP contribution in [0, 0.1) is 5.82 Å². The van der Waals surface area contributed by atoms with E-state index in [1.54, 1.807) is 49.1 Å². The Morgan fingerprint density at radius 1 is 0.857 bits per heavy atom. The molecule has 28 heavy (non-hydrogen) atoms. The maximum absolute atomic E-state index is 14.3. The summed E-state index contributed by atoms with van der Waals surface area (Å²) in [5.74, 6) is 0.333. The molecule has 0 aliphatic carbocycles. The molecule has 0 amide bonds. The number of pyridine rings is 4. The Balaban J connectivity index is 1.71. The Labute approximate surface area is 160 Å². The van der Waals surface area contributed by atoms with Gasteiger partial charge in [-0.1, -0.05) is 12.1 Å². The van der Waals surface area contributed by atoms with E-state index in [9.17, 15) is 4.39 Å². The summed E-state index contributed by atoms with van der Waals surface area (Å²) in [5.41, 5.74) is 3.02. The summed E-state index contributed by atoms with van der Waals surface area (Å²) in [6.45, 7) is 0. The highest BCUT2D eigenvalue weighted by Crippen LogP contribution is 2.31. The second-order valence-corrected chi connectivity index (χ2v) is 6.29. The first kappa shape index (κ1) is 16.3. The Bertz CT molecular complexity index is 1310. The number of halogens is 1. The molecule has 0 aliphatic rings. The largest absolute Gasteiger partial charge is 0.338 e. The minimum atomic E-state index is -0.323. The zero-order valence-electron chi connectivity index (χ0n) is 14.7. The number of hydrogen-bond acceptors (Lipinski definition) is 5. The summed E-state index contributed by atoms with van der Waals surface area (Å²) in [7, 11) is 0. The Morgan fingerprint density at radius 3 is 2.68 bits per heavy atom. The Hall–Kier alpha value is -3.93. The third-order valence-electron chi connectivity index (χ3n) is 4.53. The Kier molecular flexibility index (Phi) is 3.87.